The zero-order valence-electron chi connectivity index (χ0n) is 11.8. The van der Waals surface area contributed by atoms with Crippen LogP contribution in [0.3, 0.4) is 0 Å². The molecule has 3 N–H and O–H groups in total. The van der Waals surface area contributed by atoms with Gasteiger partial charge in [0.2, 0.25) is 0 Å². The number of hydrogen-bond acceptors (Lipinski definition) is 3. The quantitative estimate of drug-likeness (QED) is 0.739. The molecule has 0 saturated heterocycles. The van der Waals surface area contributed by atoms with Crippen molar-refractivity contribution in [1.29, 1.82) is 0 Å². The molecule has 5 heteroatoms. The maximum Gasteiger partial charge on any atom is 0.273 e. The molecule has 0 heterocycles. The minimum absolute atomic E-state index is 0.0976. The molecule has 5 nitrogen and oxygen atoms in total. The monoisotopic (exact) mass is 284 g/mol. The van der Waals surface area contributed by atoms with Crippen LogP contribution in [0.15, 0.2) is 42.5 Å². The van der Waals surface area contributed by atoms with Gasteiger partial charge in [0.15, 0.2) is 0 Å². The maximum atomic E-state index is 11.9. The Labute approximate surface area is 122 Å². The van der Waals surface area contributed by atoms with E-state index in [2.05, 4.69) is 10.9 Å². The number of phenolic OH excluding ortho intramolecular Hbond substituents is 1. The molecule has 21 heavy (non-hydrogen) atoms. The molecule has 0 atom stereocenters. The van der Waals surface area contributed by atoms with E-state index in [4.69, 9.17) is 0 Å². The molecular weight excluding hydrogens is 268 g/mol. The molecule has 0 saturated carbocycles. The lowest BCUT2D eigenvalue weighted by Crippen LogP contribution is -2.41. The van der Waals surface area contributed by atoms with Crippen LogP contribution in [0.5, 0.6) is 5.75 Å². The number of hydrogen-bond donors (Lipinski definition) is 3. The number of aryl methyl sites for hydroxylation is 2. The highest BCUT2D eigenvalue weighted by Gasteiger charge is 2.13. The normalized spacial score (nSPS) is 10.0. The van der Waals surface area contributed by atoms with Crippen LogP contribution in [-0.4, -0.2) is 16.9 Å². The number of hydrazine groups is 1. The lowest BCUT2D eigenvalue weighted by atomic mass is 10.1. The number of aromatic hydroxyl groups is 1. The zero-order chi connectivity index (χ0) is 15.4. The van der Waals surface area contributed by atoms with Crippen LogP contribution in [0, 0.1) is 13.8 Å². The Morgan fingerprint density at radius 1 is 0.905 bits per heavy atom. The summed E-state index contributed by atoms with van der Waals surface area (Å²) in [6, 6.07) is 11.8. The second kappa shape index (κ2) is 6.09. The van der Waals surface area contributed by atoms with Crippen LogP contribution in [0.2, 0.25) is 0 Å². The van der Waals surface area contributed by atoms with E-state index in [0.29, 0.717) is 11.1 Å². The Balaban J connectivity index is 2.02. The van der Waals surface area contributed by atoms with Gasteiger partial charge in [-0.3, -0.25) is 20.4 Å². The Kier molecular flexibility index (Phi) is 4.23. The van der Waals surface area contributed by atoms with Crippen molar-refractivity contribution >= 4 is 11.8 Å². The van der Waals surface area contributed by atoms with Gasteiger partial charge in [-0.25, -0.2) is 0 Å². The third-order valence-electron chi connectivity index (χ3n) is 3.09. The van der Waals surface area contributed by atoms with E-state index < -0.39 is 11.8 Å². The molecule has 0 unspecified atom stereocenters. The number of phenols is 1. The zero-order valence-corrected chi connectivity index (χ0v) is 11.8. The van der Waals surface area contributed by atoms with Crippen LogP contribution < -0.4 is 10.9 Å². The molecule has 2 aromatic carbocycles. The number of benzene rings is 2. The van der Waals surface area contributed by atoms with Crippen LogP contribution >= 0.6 is 0 Å². The highest BCUT2D eigenvalue weighted by molar-refractivity contribution is 6.00. The van der Waals surface area contributed by atoms with E-state index in [0.717, 1.165) is 5.56 Å². The van der Waals surface area contributed by atoms with E-state index in [1.54, 1.807) is 31.2 Å². The second-order valence-corrected chi connectivity index (χ2v) is 4.75. The van der Waals surface area contributed by atoms with Crippen molar-refractivity contribution in [2.24, 2.45) is 0 Å². The van der Waals surface area contributed by atoms with Crippen molar-refractivity contribution < 1.29 is 14.7 Å². The highest BCUT2D eigenvalue weighted by atomic mass is 16.3. The molecule has 0 fully saturated rings. The van der Waals surface area contributed by atoms with Crippen molar-refractivity contribution in [2.45, 2.75) is 13.8 Å². The fourth-order valence-corrected chi connectivity index (χ4v) is 1.80. The molecule has 2 amide bonds. The Hall–Kier alpha value is -2.82. The summed E-state index contributed by atoms with van der Waals surface area (Å²) in [6.45, 7) is 3.61. The van der Waals surface area contributed by atoms with Gasteiger partial charge in [0, 0.05) is 5.56 Å². The number of amides is 2. The van der Waals surface area contributed by atoms with Gasteiger partial charge in [0.25, 0.3) is 11.8 Å². The third kappa shape index (κ3) is 3.39. The lowest BCUT2D eigenvalue weighted by molar-refractivity contribution is 0.0845. The van der Waals surface area contributed by atoms with Gasteiger partial charge in [0.05, 0.1) is 5.56 Å². The average Bonchev–Trinajstić information content (AvgIpc) is 2.48. The first-order chi connectivity index (χ1) is 9.99. The van der Waals surface area contributed by atoms with E-state index >= 15 is 0 Å². The van der Waals surface area contributed by atoms with Gasteiger partial charge in [-0.2, -0.15) is 0 Å². The first-order valence-electron chi connectivity index (χ1n) is 6.45. The van der Waals surface area contributed by atoms with Crippen molar-refractivity contribution in [3.63, 3.8) is 0 Å². The molecule has 2 aromatic rings. The van der Waals surface area contributed by atoms with Gasteiger partial charge in [0.1, 0.15) is 5.75 Å². The number of carbonyl (C=O) groups excluding carboxylic acids is 2. The average molecular weight is 284 g/mol. The van der Waals surface area contributed by atoms with Gasteiger partial charge >= 0.3 is 0 Å². The molecule has 0 aromatic heterocycles. The van der Waals surface area contributed by atoms with Crippen molar-refractivity contribution in [2.75, 3.05) is 0 Å². The number of rotatable bonds is 2. The first-order valence-corrected chi connectivity index (χ1v) is 6.45. The highest BCUT2D eigenvalue weighted by Crippen LogP contribution is 2.20. The summed E-state index contributed by atoms with van der Waals surface area (Å²) in [4.78, 5) is 23.8. The number of para-hydroxylation sites is 1. The standard InChI is InChI=1S/C16H16N2O3/c1-10-6-8-12(9-7-10)15(20)17-18-16(21)13-5-3-4-11(2)14(13)19/h3-9,19H,1-2H3,(H,17,20)(H,18,21). The summed E-state index contributed by atoms with van der Waals surface area (Å²) in [7, 11) is 0. The van der Waals surface area contributed by atoms with Gasteiger partial charge in [-0.05, 0) is 37.6 Å². The molecule has 0 bridgehead atoms. The van der Waals surface area contributed by atoms with Crippen molar-refractivity contribution in [3.05, 3.63) is 64.7 Å². The Bertz CT molecular complexity index is 678. The third-order valence-corrected chi connectivity index (χ3v) is 3.09. The van der Waals surface area contributed by atoms with Gasteiger partial charge in [-0.15, -0.1) is 0 Å². The topological polar surface area (TPSA) is 78.4 Å². The van der Waals surface area contributed by atoms with E-state index in [1.807, 2.05) is 19.1 Å². The van der Waals surface area contributed by atoms with Crippen LogP contribution in [0.4, 0.5) is 0 Å². The molecule has 0 aliphatic carbocycles. The Morgan fingerprint density at radius 2 is 1.52 bits per heavy atom. The van der Waals surface area contributed by atoms with E-state index in [1.165, 1.54) is 6.07 Å². The molecule has 108 valence electrons. The molecule has 2 rings (SSSR count). The van der Waals surface area contributed by atoms with Crippen molar-refractivity contribution in [1.82, 2.24) is 10.9 Å². The second-order valence-electron chi connectivity index (χ2n) is 4.75. The summed E-state index contributed by atoms with van der Waals surface area (Å²) in [5.74, 6) is -1.09. The lowest BCUT2D eigenvalue weighted by Gasteiger charge is -2.09. The van der Waals surface area contributed by atoms with Gasteiger partial charge < -0.3 is 5.11 Å². The minimum atomic E-state index is -0.573. The molecule has 0 spiro atoms. The smallest absolute Gasteiger partial charge is 0.273 e. The molecule has 0 aliphatic heterocycles. The fraction of sp³-hybridized carbons (Fsp3) is 0.125. The summed E-state index contributed by atoms with van der Waals surface area (Å²) < 4.78 is 0. The number of nitrogens with one attached hydrogen (secondary N) is 2. The van der Waals surface area contributed by atoms with Gasteiger partial charge in [-0.1, -0.05) is 29.8 Å². The maximum absolute atomic E-state index is 11.9. The largest absolute Gasteiger partial charge is 0.507 e. The summed E-state index contributed by atoms with van der Waals surface area (Å²) >= 11 is 0. The predicted molar refractivity (Wildman–Crippen MR) is 79.0 cm³/mol. The summed E-state index contributed by atoms with van der Waals surface area (Å²) in [5, 5.41) is 9.81. The summed E-state index contributed by atoms with van der Waals surface area (Å²) in [6.07, 6.45) is 0. The SMILES string of the molecule is Cc1ccc(C(=O)NNC(=O)c2cccc(C)c2O)cc1. The molecule has 0 aliphatic rings. The number of carbonyl (C=O) groups is 2. The molecular formula is C16H16N2O3. The van der Waals surface area contributed by atoms with E-state index in [9.17, 15) is 14.7 Å². The Morgan fingerprint density at radius 3 is 2.19 bits per heavy atom. The predicted octanol–water partition coefficient (Wildman–Crippen LogP) is 2.08. The first kappa shape index (κ1) is 14.6. The fourth-order valence-electron chi connectivity index (χ4n) is 1.80. The summed E-state index contributed by atoms with van der Waals surface area (Å²) in [5.41, 5.74) is 6.78. The van der Waals surface area contributed by atoms with Crippen LogP contribution in [0.25, 0.3) is 0 Å². The van der Waals surface area contributed by atoms with Crippen LogP contribution in [-0.2, 0) is 0 Å². The van der Waals surface area contributed by atoms with Crippen molar-refractivity contribution in [3.8, 4) is 5.75 Å². The molecule has 0 radical (unpaired) electrons. The van der Waals surface area contributed by atoms with E-state index in [-0.39, 0.29) is 11.3 Å². The minimum Gasteiger partial charge on any atom is -0.507 e. The van der Waals surface area contributed by atoms with Crippen LogP contribution in [0.1, 0.15) is 31.8 Å².